The van der Waals surface area contributed by atoms with E-state index in [1.807, 2.05) is 32.0 Å². The number of benzene rings is 2. The van der Waals surface area contributed by atoms with Crippen LogP contribution in [0.3, 0.4) is 0 Å². The van der Waals surface area contributed by atoms with Crippen molar-refractivity contribution in [3.8, 4) is 16.9 Å². The summed E-state index contributed by atoms with van der Waals surface area (Å²) in [6.45, 7) is 10.5. The smallest absolute Gasteiger partial charge is 0.165 e. The van der Waals surface area contributed by atoms with E-state index in [1.54, 1.807) is 0 Å². The predicted octanol–water partition coefficient (Wildman–Crippen LogP) is 7.14. The van der Waals surface area contributed by atoms with Crippen LogP contribution in [0, 0.1) is 5.82 Å². The number of aliphatic imine (C=N–C) groups is 2. The van der Waals surface area contributed by atoms with Crippen molar-refractivity contribution in [2.45, 2.75) is 60.3 Å². The molecule has 29 heavy (non-hydrogen) atoms. The van der Waals surface area contributed by atoms with Gasteiger partial charge in [-0.2, -0.15) is 0 Å². The first-order valence-electron chi connectivity index (χ1n) is 10.4. The Balaban J connectivity index is 1.92. The Morgan fingerprint density at radius 1 is 1.07 bits per heavy atom. The maximum Gasteiger partial charge on any atom is 0.165 e. The lowest BCUT2D eigenvalue weighted by Crippen LogP contribution is -2.18. The molecule has 0 fully saturated rings. The fraction of sp³-hybridized carbons (Fsp3) is 0.360. The molecule has 2 aromatic rings. The molecule has 0 spiro atoms. The normalized spacial score (nSPS) is 14.1. The zero-order valence-electron chi connectivity index (χ0n) is 17.9. The summed E-state index contributed by atoms with van der Waals surface area (Å²) in [6.07, 6.45) is 3.81. The molecule has 4 heteroatoms. The molecular formula is C25H29FN2O. The molecule has 0 saturated carbocycles. The lowest BCUT2D eigenvalue weighted by molar-refractivity contribution is 0.432. The fourth-order valence-corrected chi connectivity index (χ4v) is 3.81. The zero-order chi connectivity index (χ0) is 21.1. The van der Waals surface area contributed by atoms with Crippen molar-refractivity contribution in [2.24, 2.45) is 9.98 Å². The van der Waals surface area contributed by atoms with Gasteiger partial charge in [-0.1, -0.05) is 38.8 Å². The van der Waals surface area contributed by atoms with E-state index in [0.717, 1.165) is 64.3 Å². The largest absolute Gasteiger partial charge is 0.505 e. The topological polar surface area (TPSA) is 45.0 Å². The Bertz CT molecular complexity index is 1030. The third-order valence-electron chi connectivity index (χ3n) is 5.45. The number of rotatable bonds is 7. The second kappa shape index (κ2) is 8.73. The number of fused-ring (bicyclic) bond motifs is 1. The first kappa shape index (κ1) is 21.0. The molecule has 1 aliphatic rings. The van der Waals surface area contributed by atoms with E-state index >= 15 is 0 Å². The van der Waals surface area contributed by atoms with Crippen molar-refractivity contribution in [3.63, 3.8) is 0 Å². The molecule has 0 radical (unpaired) electrons. The average molecular weight is 393 g/mol. The maximum absolute atomic E-state index is 13.9. The highest BCUT2D eigenvalue weighted by Gasteiger charge is 2.22. The Hall–Kier alpha value is -2.75. The highest BCUT2D eigenvalue weighted by atomic mass is 19.1. The highest BCUT2D eigenvalue weighted by Crippen LogP contribution is 2.37. The number of hydrogen-bond acceptors (Lipinski definition) is 3. The molecule has 3 nitrogen and oxygen atoms in total. The Labute approximate surface area is 172 Å². The minimum absolute atomic E-state index is 0.306. The average Bonchev–Trinajstić information content (AvgIpc) is 2.68. The van der Waals surface area contributed by atoms with Crippen molar-refractivity contribution in [2.75, 3.05) is 0 Å². The first-order chi connectivity index (χ1) is 13.9. The standard InChI is InChI=1S/C25H29FN2O/c1-6-9-15(4)22(8-3)27-16(5)25-19-11-10-18(12-23(19)28-25)20-14-21(26)24(29)13-17(20)7-2/h10-14,29H,6-9H2,1-5H3/b22-15+,27-16+. The van der Waals surface area contributed by atoms with Gasteiger partial charge in [0.25, 0.3) is 0 Å². The number of aromatic hydroxyl groups is 1. The zero-order valence-corrected chi connectivity index (χ0v) is 17.9. The van der Waals surface area contributed by atoms with Crippen LogP contribution in [-0.2, 0) is 6.42 Å². The van der Waals surface area contributed by atoms with Crippen LogP contribution in [0.25, 0.3) is 11.1 Å². The van der Waals surface area contributed by atoms with E-state index in [9.17, 15) is 9.50 Å². The summed E-state index contributed by atoms with van der Waals surface area (Å²) in [5, 5.41) is 9.66. The van der Waals surface area contributed by atoms with Gasteiger partial charge in [-0.3, -0.25) is 4.99 Å². The molecule has 2 aromatic carbocycles. The number of halogens is 1. The lowest BCUT2D eigenvalue weighted by atomic mass is 9.92. The molecule has 0 unspecified atom stereocenters. The minimum atomic E-state index is -0.603. The lowest BCUT2D eigenvalue weighted by Gasteiger charge is -2.20. The summed E-state index contributed by atoms with van der Waals surface area (Å²) >= 11 is 0. The van der Waals surface area contributed by atoms with Crippen molar-refractivity contribution in [3.05, 3.63) is 58.5 Å². The van der Waals surface area contributed by atoms with Gasteiger partial charge in [-0.15, -0.1) is 0 Å². The third kappa shape index (κ3) is 4.16. The van der Waals surface area contributed by atoms with Gasteiger partial charge in [0, 0.05) is 11.3 Å². The van der Waals surface area contributed by atoms with Crippen LogP contribution >= 0.6 is 0 Å². The van der Waals surface area contributed by atoms with Crippen molar-refractivity contribution >= 4 is 17.1 Å². The molecule has 1 N–H and O–H groups in total. The molecule has 0 amide bonds. The maximum atomic E-state index is 13.9. The summed E-state index contributed by atoms with van der Waals surface area (Å²) in [5.41, 5.74) is 8.93. The van der Waals surface area contributed by atoms with Crippen LogP contribution in [-0.4, -0.2) is 16.5 Å². The Kier molecular flexibility index (Phi) is 6.31. The molecule has 0 aliphatic carbocycles. The summed E-state index contributed by atoms with van der Waals surface area (Å²) < 4.78 is 13.9. The molecule has 0 bridgehead atoms. The number of phenolic OH excluding ortho intramolecular Hbond substituents is 1. The molecular weight excluding hydrogens is 363 g/mol. The van der Waals surface area contributed by atoms with E-state index in [1.165, 1.54) is 17.7 Å². The highest BCUT2D eigenvalue weighted by molar-refractivity contribution is 6.51. The quantitative estimate of drug-likeness (QED) is 0.500. The molecule has 0 aromatic heterocycles. The van der Waals surface area contributed by atoms with Gasteiger partial charge >= 0.3 is 0 Å². The van der Waals surface area contributed by atoms with Crippen LogP contribution in [0.15, 0.2) is 51.6 Å². The second-order valence-corrected chi connectivity index (χ2v) is 7.53. The van der Waals surface area contributed by atoms with E-state index in [4.69, 9.17) is 4.99 Å². The van der Waals surface area contributed by atoms with Crippen LogP contribution in [0.1, 0.15) is 65.0 Å². The molecule has 1 aliphatic heterocycles. The van der Waals surface area contributed by atoms with E-state index < -0.39 is 5.82 Å². The molecule has 1 heterocycles. The van der Waals surface area contributed by atoms with E-state index in [0.29, 0.717) is 6.42 Å². The van der Waals surface area contributed by atoms with Gasteiger partial charge in [-0.05, 0) is 74.1 Å². The van der Waals surface area contributed by atoms with Gasteiger partial charge in [0.1, 0.15) is 0 Å². The van der Waals surface area contributed by atoms with Gasteiger partial charge in [0.15, 0.2) is 11.6 Å². The predicted molar refractivity (Wildman–Crippen MR) is 120 cm³/mol. The Morgan fingerprint density at radius 3 is 2.45 bits per heavy atom. The molecule has 0 atom stereocenters. The van der Waals surface area contributed by atoms with E-state index in [2.05, 4.69) is 25.8 Å². The number of nitrogens with zero attached hydrogens (tertiary/aromatic N) is 2. The van der Waals surface area contributed by atoms with Crippen LogP contribution in [0.5, 0.6) is 5.75 Å². The minimum Gasteiger partial charge on any atom is -0.505 e. The van der Waals surface area contributed by atoms with Crippen molar-refractivity contribution in [1.82, 2.24) is 0 Å². The SMILES string of the molecule is CCC/C(C)=C(CC)/N=C(\C)C1=Nc2cc(-c3cc(F)c(O)cc3CC)ccc21. The molecule has 0 saturated heterocycles. The first-order valence-corrected chi connectivity index (χ1v) is 10.4. The van der Waals surface area contributed by atoms with Crippen LogP contribution < -0.4 is 0 Å². The summed E-state index contributed by atoms with van der Waals surface area (Å²) in [5.74, 6) is -0.909. The van der Waals surface area contributed by atoms with Gasteiger partial charge in [0.2, 0.25) is 0 Å². The second-order valence-electron chi connectivity index (χ2n) is 7.53. The third-order valence-corrected chi connectivity index (χ3v) is 5.45. The number of allylic oxidation sites excluding steroid dienone is 2. The molecule has 3 rings (SSSR count). The number of aryl methyl sites for hydroxylation is 1. The van der Waals surface area contributed by atoms with Crippen LogP contribution in [0.4, 0.5) is 10.1 Å². The number of hydrogen-bond donors (Lipinski definition) is 1. The van der Waals surface area contributed by atoms with Crippen molar-refractivity contribution in [1.29, 1.82) is 0 Å². The Morgan fingerprint density at radius 2 is 1.83 bits per heavy atom. The molecule has 152 valence electrons. The monoisotopic (exact) mass is 392 g/mol. The van der Waals surface area contributed by atoms with Crippen LogP contribution in [0.2, 0.25) is 0 Å². The summed E-state index contributed by atoms with van der Waals surface area (Å²) in [4.78, 5) is 9.53. The van der Waals surface area contributed by atoms with Gasteiger partial charge in [-0.25, -0.2) is 9.38 Å². The number of phenols is 1. The van der Waals surface area contributed by atoms with Gasteiger partial charge in [0.05, 0.1) is 17.1 Å². The van der Waals surface area contributed by atoms with E-state index in [-0.39, 0.29) is 5.75 Å². The van der Waals surface area contributed by atoms with Gasteiger partial charge < -0.3 is 5.11 Å². The summed E-state index contributed by atoms with van der Waals surface area (Å²) in [6, 6.07) is 8.92. The van der Waals surface area contributed by atoms with Crippen molar-refractivity contribution < 1.29 is 9.50 Å². The summed E-state index contributed by atoms with van der Waals surface area (Å²) in [7, 11) is 0. The fourth-order valence-electron chi connectivity index (χ4n) is 3.81.